The molecule has 0 atom stereocenters. The topological polar surface area (TPSA) is 61.8 Å². The largest absolute Gasteiger partial charge is 0.486 e. The average molecular weight is 264 g/mol. The van der Waals surface area contributed by atoms with Crippen molar-refractivity contribution in [2.24, 2.45) is 5.41 Å². The molecule has 1 aliphatic heterocycles. The molecule has 0 aliphatic carbocycles. The van der Waals surface area contributed by atoms with Gasteiger partial charge in [0.2, 0.25) is 0 Å². The van der Waals surface area contributed by atoms with Gasteiger partial charge in [-0.15, -0.1) is 0 Å². The SMILES string of the molecule is COC(=O)C(C)(C)C(=O)c1ccc2c(c1)OCCO2. The van der Waals surface area contributed by atoms with Crippen LogP contribution in [0.2, 0.25) is 0 Å². The lowest BCUT2D eigenvalue weighted by Crippen LogP contribution is -2.34. The molecule has 0 saturated heterocycles. The molecule has 0 unspecified atom stereocenters. The summed E-state index contributed by atoms with van der Waals surface area (Å²) in [5.74, 6) is 0.264. The summed E-state index contributed by atoms with van der Waals surface area (Å²) in [4.78, 5) is 24.0. The Bertz CT molecular complexity index is 519. The van der Waals surface area contributed by atoms with E-state index in [1.54, 1.807) is 18.2 Å². The van der Waals surface area contributed by atoms with E-state index in [-0.39, 0.29) is 5.78 Å². The summed E-state index contributed by atoms with van der Waals surface area (Å²) in [7, 11) is 1.27. The van der Waals surface area contributed by atoms with Crippen LogP contribution < -0.4 is 9.47 Å². The third-order valence-electron chi connectivity index (χ3n) is 3.07. The van der Waals surface area contributed by atoms with Gasteiger partial charge >= 0.3 is 5.97 Å². The molecule has 0 aromatic heterocycles. The zero-order valence-corrected chi connectivity index (χ0v) is 11.2. The van der Waals surface area contributed by atoms with Crippen molar-refractivity contribution in [3.63, 3.8) is 0 Å². The minimum atomic E-state index is -1.22. The first-order valence-corrected chi connectivity index (χ1v) is 5.99. The normalized spacial score (nSPS) is 13.8. The fourth-order valence-electron chi connectivity index (χ4n) is 1.89. The smallest absolute Gasteiger partial charge is 0.319 e. The Morgan fingerprint density at radius 3 is 2.42 bits per heavy atom. The van der Waals surface area contributed by atoms with Gasteiger partial charge < -0.3 is 14.2 Å². The van der Waals surface area contributed by atoms with Crippen LogP contribution in [-0.2, 0) is 9.53 Å². The summed E-state index contributed by atoms with van der Waals surface area (Å²) < 4.78 is 15.5. The molecule has 0 bridgehead atoms. The van der Waals surface area contributed by atoms with Crippen LogP contribution in [0.25, 0.3) is 0 Å². The molecule has 0 radical (unpaired) electrons. The molecule has 1 aliphatic rings. The summed E-state index contributed by atoms with van der Waals surface area (Å²) in [5.41, 5.74) is -0.821. The highest BCUT2D eigenvalue weighted by Crippen LogP contribution is 2.33. The van der Waals surface area contributed by atoms with E-state index in [9.17, 15) is 9.59 Å². The first kappa shape index (κ1) is 13.4. The van der Waals surface area contributed by atoms with Crippen LogP contribution in [0.4, 0.5) is 0 Å². The molecule has 1 aromatic rings. The van der Waals surface area contributed by atoms with Crippen molar-refractivity contribution in [2.75, 3.05) is 20.3 Å². The van der Waals surface area contributed by atoms with Gasteiger partial charge in [-0.3, -0.25) is 9.59 Å². The molecule has 1 heterocycles. The number of ether oxygens (including phenoxy) is 3. The Labute approximate surface area is 111 Å². The highest BCUT2D eigenvalue weighted by molar-refractivity contribution is 6.12. The van der Waals surface area contributed by atoms with Crippen molar-refractivity contribution in [1.82, 2.24) is 0 Å². The molecule has 5 heteroatoms. The lowest BCUT2D eigenvalue weighted by molar-refractivity contribution is -0.147. The maximum absolute atomic E-state index is 12.4. The summed E-state index contributed by atoms with van der Waals surface area (Å²) in [6.07, 6.45) is 0. The van der Waals surface area contributed by atoms with E-state index in [2.05, 4.69) is 4.74 Å². The maximum Gasteiger partial charge on any atom is 0.319 e. The number of carbonyl (C=O) groups excluding carboxylic acids is 2. The summed E-state index contributed by atoms with van der Waals surface area (Å²) in [6.45, 7) is 4.02. The third-order valence-corrected chi connectivity index (χ3v) is 3.07. The van der Waals surface area contributed by atoms with Gasteiger partial charge in [0.1, 0.15) is 18.6 Å². The van der Waals surface area contributed by atoms with E-state index in [1.165, 1.54) is 21.0 Å². The van der Waals surface area contributed by atoms with Crippen LogP contribution in [0.3, 0.4) is 0 Å². The first-order valence-electron chi connectivity index (χ1n) is 5.99. The lowest BCUT2D eigenvalue weighted by Gasteiger charge is -2.22. The van der Waals surface area contributed by atoms with Gasteiger partial charge in [0, 0.05) is 5.56 Å². The summed E-state index contributed by atoms with van der Waals surface area (Å²) >= 11 is 0. The fraction of sp³-hybridized carbons (Fsp3) is 0.429. The Morgan fingerprint density at radius 1 is 1.16 bits per heavy atom. The van der Waals surface area contributed by atoms with Crippen molar-refractivity contribution >= 4 is 11.8 Å². The predicted molar refractivity (Wildman–Crippen MR) is 67.6 cm³/mol. The zero-order valence-electron chi connectivity index (χ0n) is 11.2. The van der Waals surface area contributed by atoms with Crippen LogP contribution in [0.15, 0.2) is 18.2 Å². The Hall–Kier alpha value is -2.04. The van der Waals surface area contributed by atoms with Crippen molar-refractivity contribution < 1.29 is 23.8 Å². The van der Waals surface area contributed by atoms with Crippen LogP contribution in [0.5, 0.6) is 11.5 Å². The second-order valence-corrected chi connectivity index (χ2v) is 4.80. The van der Waals surface area contributed by atoms with Gasteiger partial charge in [0.25, 0.3) is 0 Å². The van der Waals surface area contributed by atoms with Gasteiger partial charge in [-0.1, -0.05) is 0 Å². The third kappa shape index (κ3) is 2.41. The average Bonchev–Trinajstić information content (AvgIpc) is 2.44. The lowest BCUT2D eigenvalue weighted by atomic mass is 9.84. The second-order valence-electron chi connectivity index (χ2n) is 4.80. The minimum Gasteiger partial charge on any atom is -0.486 e. The monoisotopic (exact) mass is 264 g/mol. The number of hydrogen-bond donors (Lipinski definition) is 0. The van der Waals surface area contributed by atoms with Crippen molar-refractivity contribution in [3.05, 3.63) is 23.8 Å². The molecule has 102 valence electrons. The van der Waals surface area contributed by atoms with Gasteiger partial charge in [-0.25, -0.2) is 0 Å². The molecule has 19 heavy (non-hydrogen) atoms. The summed E-state index contributed by atoms with van der Waals surface area (Å²) in [6, 6.07) is 4.90. The Kier molecular flexibility index (Phi) is 3.46. The molecule has 0 spiro atoms. The van der Waals surface area contributed by atoms with Crippen molar-refractivity contribution in [1.29, 1.82) is 0 Å². The standard InChI is InChI=1S/C14H16O5/c1-14(2,13(16)17-3)12(15)9-4-5-10-11(8-9)19-7-6-18-10/h4-5,8H,6-7H2,1-3H3. The van der Waals surface area contributed by atoms with Gasteiger partial charge in [0.05, 0.1) is 7.11 Å². The highest BCUT2D eigenvalue weighted by Gasteiger charge is 2.38. The van der Waals surface area contributed by atoms with E-state index in [1.807, 2.05) is 0 Å². The number of benzene rings is 1. The van der Waals surface area contributed by atoms with Crippen LogP contribution in [0.1, 0.15) is 24.2 Å². The molecular weight excluding hydrogens is 248 g/mol. The van der Waals surface area contributed by atoms with Crippen LogP contribution in [0, 0.1) is 5.41 Å². The van der Waals surface area contributed by atoms with E-state index < -0.39 is 11.4 Å². The first-order chi connectivity index (χ1) is 8.96. The van der Waals surface area contributed by atoms with E-state index in [0.717, 1.165) is 0 Å². The summed E-state index contributed by atoms with van der Waals surface area (Å²) in [5, 5.41) is 0. The van der Waals surface area contributed by atoms with Gasteiger partial charge in [-0.05, 0) is 32.0 Å². The van der Waals surface area contributed by atoms with Gasteiger partial charge in [-0.2, -0.15) is 0 Å². The number of Topliss-reactive ketones (excluding diaryl/α,β-unsaturated/α-hetero) is 1. The second kappa shape index (κ2) is 4.91. The zero-order chi connectivity index (χ0) is 14.0. The molecule has 0 amide bonds. The molecule has 0 N–H and O–H groups in total. The van der Waals surface area contributed by atoms with Crippen LogP contribution in [-0.4, -0.2) is 32.1 Å². The molecule has 0 fully saturated rings. The molecule has 5 nitrogen and oxygen atoms in total. The number of rotatable bonds is 3. The number of ketones is 1. The quantitative estimate of drug-likeness (QED) is 0.473. The predicted octanol–water partition coefficient (Wildman–Crippen LogP) is 1.84. The number of fused-ring (bicyclic) bond motifs is 1. The van der Waals surface area contributed by atoms with Gasteiger partial charge in [0.15, 0.2) is 17.3 Å². The van der Waals surface area contributed by atoms with Crippen molar-refractivity contribution in [3.8, 4) is 11.5 Å². The van der Waals surface area contributed by atoms with E-state index in [4.69, 9.17) is 9.47 Å². The number of esters is 1. The fourth-order valence-corrected chi connectivity index (χ4v) is 1.89. The molecular formula is C14H16O5. The number of hydrogen-bond acceptors (Lipinski definition) is 5. The molecule has 0 saturated carbocycles. The Morgan fingerprint density at radius 2 is 1.79 bits per heavy atom. The highest BCUT2D eigenvalue weighted by atomic mass is 16.6. The maximum atomic E-state index is 12.4. The van der Waals surface area contributed by atoms with Crippen molar-refractivity contribution in [2.45, 2.75) is 13.8 Å². The molecule has 2 rings (SSSR count). The number of carbonyl (C=O) groups is 2. The molecule has 1 aromatic carbocycles. The Balaban J connectivity index is 2.32. The number of methoxy groups -OCH3 is 1. The van der Waals surface area contributed by atoms with E-state index in [0.29, 0.717) is 30.3 Å². The van der Waals surface area contributed by atoms with Crippen LogP contribution >= 0.6 is 0 Å². The van der Waals surface area contributed by atoms with E-state index >= 15 is 0 Å². The minimum absolute atomic E-state index is 0.309.